The molecule has 0 N–H and O–H groups in total. The lowest BCUT2D eigenvalue weighted by Gasteiger charge is -2.26. The Balaban J connectivity index is 1.51. The third-order valence-electron chi connectivity index (χ3n) is 4.41. The van der Waals surface area contributed by atoms with Crippen LogP contribution in [-0.2, 0) is 0 Å². The quantitative estimate of drug-likeness (QED) is 0.826. The standard InChI is InChI=1S/C14H23N3O/c1-11-15-14(18-16-11)13-7-8-17(10-13)9-12-5-3-2-4-6-12/h12-13H,2-10H2,1H3/t13-/m0/s1. The van der Waals surface area contributed by atoms with E-state index >= 15 is 0 Å². The molecule has 2 heterocycles. The summed E-state index contributed by atoms with van der Waals surface area (Å²) < 4.78 is 5.30. The first-order valence-corrected chi connectivity index (χ1v) is 7.34. The molecule has 4 heteroatoms. The van der Waals surface area contributed by atoms with Crippen LogP contribution in [0.4, 0.5) is 0 Å². The topological polar surface area (TPSA) is 42.2 Å². The van der Waals surface area contributed by atoms with Crippen LogP contribution in [0.5, 0.6) is 0 Å². The van der Waals surface area contributed by atoms with E-state index in [4.69, 9.17) is 4.52 Å². The molecule has 1 aliphatic carbocycles. The van der Waals surface area contributed by atoms with Gasteiger partial charge in [-0.3, -0.25) is 0 Å². The fourth-order valence-corrected chi connectivity index (χ4v) is 3.41. The minimum atomic E-state index is 0.467. The van der Waals surface area contributed by atoms with E-state index in [1.165, 1.54) is 51.6 Å². The van der Waals surface area contributed by atoms with E-state index < -0.39 is 0 Å². The van der Waals surface area contributed by atoms with E-state index in [9.17, 15) is 0 Å². The van der Waals surface area contributed by atoms with Gasteiger partial charge in [0.1, 0.15) is 0 Å². The predicted molar refractivity (Wildman–Crippen MR) is 69.4 cm³/mol. The molecule has 1 saturated carbocycles. The summed E-state index contributed by atoms with van der Waals surface area (Å²) in [6.07, 6.45) is 8.35. The molecule has 3 rings (SSSR count). The van der Waals surface area contributed by atoms with Crippen molar-refractivity contribution in [3.05, 3.63) is 11.7 Å². The summed E-state index contributed by atoms with van der Waals surface area (Å²) >= 11 is 0. The fourth-order valence-electron chi connectivity index (χ4n) is 3.41. The lowest BCUT2D eigenvalue weighted by molar-refractivity contribution is 0.229. The minimum Gasteiger partial charge on any atom is -0.339 e. The zero-order chi connectivity index (χ0) is 12.4. The van der Waals surface area contributed by atoms with Gasteiger partial charge in [-0.1, -0.05) is 24.4 Å². The van der Waals surface area contributed by atoms with Crippen molar-refractivity contribution in [2.75, 3.05) is 19.6 Å². The summed E-state index contributed by atoms with van der Waals surface area (Å²) in [6, 6.07) is 0. The van der Waals surface area contributed by atoms with Crippen LogP contribution in [0.1, 0.15) is 56.2 Å². The van der Waals surface area contributed by atoms with Crippen molar-refractivity contribution in [2.45, 2.75) is 51.4 Å². The predicted octanol–water partition coefficient (Wildman–Crippen LogP) is 2.75. The van der Waals surface area contributed by atoms with Crippen LogP contribution in [0.3, 0.4) is 0 Å². The normalized spacial score (nSPS) is 26.8. The molecule has 0 aromatic carbocycles. The van der Waals surface area contributed by atoms with Gasteiger partial charge in [0.2, 0.25) is 5.89 Å². The van der Waals surface area contributed by atoms with E-state index in [-0.39, 0.29) is 0 Å². The number of hydrogen-bond donors (Lipinski definition) is 0. The second-order valence-corrected chi connectivity index (χ2v) is 5.93. The average molecular weight is 249 g/mol. The summed E-state index contributed by atoms with van der Waals surface area (Å²) in [5.74, 6) is 3.01. The Bertz CT molecular complexity index is 384. The third kappa shape index (κ3) is 2.74. The number of aryl methyl sites for hydroxylation is 1. The molecule has 2 fully saturated rings. The van der Waals surface area contributed by atoms with Crippen LogP contribution >= 0.6 is 0 Å². The van der Waals surface area contributed by atoms with Gasteiger partial charge in [-0.2, -0.15) is 4.98 Å². The maximum absolute atomic E-state index is 5.30. The summed E-state index contributed by atoms with van der Waals surface area (Å²) in [5.41, 5.74) is 0. The second-order valence-electron chi connectivity index (χ2n) is 5.93. The van der Waals surface area contributed by atoms with E-state index in [1.807, 2.05) is 6.92 Å². The molecule has 0 bridgehead atoms. The lowest BCUT2D eigenvalue weighted by Crippen LogP contribution is -2.28. The Morgan fingerprint density at radius 1 is 1.22 bits per heavy atom. The number of rotatable bonds is 3. The Hall–Kier alpha value is -0.900. The maximum atomic E-state index is 5.30. The Kier molecular flexibility index (Phi) is 3.64. The molecule has 1 aromatic rings. The van der Waals surface area contributed by atoms with Gasteiger partial charge in [0.25, 0.3) is 0 Å². The van der Waals surface area contributed by atoms with Crippen molar-refractivity contribution in [2.24, 2.45) is 5.92 Å². The monoisotopic (exact) mass is 249 g/mol. The molecule has 18 heavy (non-hydrogen) atoms. The average Bonchev–Trinajstić information content (AvgIpc) is 2.99. The second kappa shape index (κ2) is 5.39. The molecule has 2 aliphatic rings. The highest BCUT2D eigenvalue weighted by Crippen LogP contribution is 2.29. The van der Waals surface area contributed by atoms with Gasteiger partial charge < -0.3 is 9.42 Å². The SMILES string of the molecule is Cc1noc([C@H]2CCN(CC3CCCCC3)C2)n1. The fraction of sp³-hybridized carbons (Fsp3) is 0.857. The van der Waals surface area contributed by atoms with Gasteiger partial charge in [-0.25, -0.2) is 0 Å². The van der Waals surface area contributed by atoms with E-state index in [1.54, 1.807) is 0 Å². The number of hydrogen-bond acceptors (Lipinski definition) is 4. The Morgan fingerprint density at radius 3 is 2.78 bits per heavy atom. The van der Waals surface area contributed by atoms with Crippen LogP contribution in [0.15, 0.2) is 4.52 Å². The molecular formula is C14H23N3O. The molecule has 0 spiro atoms. The van der Waals surface area contributed by atoms with Crippen LogP contribution in [-0.4, -0.2) is 34.7 Å². The highest BCUT2D eigenvalue weighted by Gasteiger charge is 2.29. The Labute approximate surface area is 109 Å². The molecule has 0 unspecified atom stereocenters. The third-order valence-corrected chi connectivity index (χ3v) is 4.41. The van der Waals surface area contributed by atoms with Crippen LogP contribution in [0, 0.1) is 12.8 Å². The summed E-state index contributed by atoms with van der Waals surface area (Å²) in [6.45, 7) is 5.48. The molecule has 4 nitrogen and oxygen atoms in total. The number of aromatic nitrogens is 2. The van der Waals surface area contributed by atoms with Crippen molar-refractivity contribution in [3.63, 3.8) is 0 Å². The van der Waals surface area contributed by atoms with Crippen molar-refractivity contribution in [1.82, 2.24) is 15.0 Å². The van der Waals surface area contributed by atoms with E-state index in [0.717, 1.165) is 24.2 Å². The largest absolute Gasteiger partial charge is 0.339 e. The first-order valence-electron chi connectivity index (χ1n) is 7.34. The van der Waals surface area contributed by atoms with Gasteiger partial charge in [-0.15, -0.1) is 0 Å². The van der Waals surface area contributed by atoms with Crippen molar-refractivity contribution in [3.8, 4) is 0 Å². The van der Waals surface area contributed by atoms with Crippen LogP contribution in [0.25, 0.3) is 0 Å². The first-order chi connectivity index (χ1) is 8.81. The lowest BCUT2D eigenvalue weighted by atomic mass is 9.89. The molecule has 1 aliphatic heterocycles. The maximum Gasteiger partial charge on any atom is 0.231 e. The van der Waals surface area contributed by atoms with Crippen LogP contribution in [0.2, 0.25) is 0 Å². The van der Waals surface area contributed by atoms with Crippen LogP contribution < -0.4 is 0 Å². The minimum absolute atomic E-state index is 0.467. The Morgan fingerprint density at radius 2 is 2.06 bits per heavy atom. The van der Waals surface area contributed by atoms with E-state index in [2.05, 4.69) is 15.0 Å². The first kappa shape index (κ1) is 12.2. The summed E-state index contributed by atoms with van der Waals surface area (Å²) in [5, 5.41) is 3.90. The van der Waals surface area contributed by atoms with Gasteiger partial charge >= 0.3 is 0 Å². The molecule has 1 atom stereocenters. The molecule has 0 amide bonds. The zero-order valence-corrected chi connectivity index (χ0v) is 11.3. The van der Waals surface area contributed by atoms with Gasteiger partial charge in [0, 0.05) is 13.1 Å². The van der Waals surface area contributed by atoms with Crippen molar-refractivity contribution >= 4 is 0 Å². The molecule has 1 aromatic heterocycles. The zero-order valence-electron chi connectivity index (χ0n) is 11.3. The highest BCUT2D eigenvalue weighted by atomic mass is 16.5. The molecular weight excluding hydrogens is 226 g/mol. The van der Waals surface area contributed by atoms with Gasteiger partial charge in [-0.05, 0) is 38.6 Å². The highest BCUT2D eigenvalue weighted by molar-refractivity contribution is 4.98. The van der Waals surface area contributed by atoms with E-state index in [0.29, 0.717) is 5.92 Å². The van der Waals surface area contributed by atoms with Gasteiger partial charge in [0.05, 0.1) is 5.92 Å². The number of nitrogens with zero attached hydrogens (tertiary/aromatic N) is 3. The van der Waals surface area contributed by atoms with Crippen molar-refractivity contribution < 1.29 is 4.52 Å². The molecule has 0 radical (unpaired) electrons. The molecule has 1 saturated heterocycles. The summed E-state index contributed by atoms with van der Waals surface area (Å²) in [4.78, 5) is 6.97. The van der Waals surface area contributed by atoms with Crippen molar-refractivity contribution in [1.29, 1.82) is 0 Å². The smallest absolute Gasteiger partial charge is 0.231 e. The number of likely N-dealkylation sites (tertiary alicyclic amines) is 1. The molecule has 100 valence electrons. The van der Waals surface area contributed by atoms with Gasteiger partial charge in [0.15, 0.2) is 5.82 Å². The summed E-state index contributed by atoms with van der Waals surface area (Å²) in [7, 11) is 0.